The van der Waals surface area contributed by atoms with Crippen LogP contribution < -0.4 is 0 Å². The molecule has 1 rings (SSSR count). The average molecular weight is 275 g/mol. The SMILES string of the molecule is Cc1ccc(C(=O)C(C#N)C(=O)N(C)C)c([N+](=O)[O-])c1. The van der Waals surface area contributed by atoms with E-state index in [-0.39, 0.29) is 5.56 Å². The van der Waals surface area contributed by atoms with Crippen molar-refractivity contribution >= 4 is 17.4 Å². The van der Waals surface area contributed by atoms with Gasteiger partial charge in [0.25, 0.3) is 5.69 Å². The van der Waals surface area contributed by atoms with E-state index in [1.807, 2.05) is 0 Å². The van der Waals surface area contributed by atoms with Crippen LogP contribution in [0.5, 0.6) is 0 Å². The molecular weight excluding hydrogens is 262 g/mol. The molecule has 0 aliphatic carbocycles. The van der Waals surface area contributed by atoms with E-state index in [4.69, 9.17) is 5.26 Å². The quantitative estimate of drug-likeness (QED) is 0.356. The lowest BCUT2D eigenvalue weighted by Gasteiger charge is -2.14. The number of carbonyl (C=O) groups excluding carboxylic acids is 2. The molecule has 0 aromatic heterocycles. The van der Waals surface area contributed by atoms with Gasteiger partial charge in [0, 0.05) is 20.2 Å². The summed E-state index contributed by atoms with van der Waals surface area (Å²) < 4.78 is 0. The molecule has 0 saturated heterocycles. The number of hydrogen-bond donors (Lipinski definition) is 0. The van der Waals surface area contributed by atoms with Gasteiger partial charge in [-0.15, -0.1) is 0 Å². The number of ketones is 1. The van der Waals surface area contributed by atoms with Crippen molar-refractivity contribution in [3.63, 3.8) is 0 Å². The molecule has 0 spiro atoms. The third kappa shape index (κ3) is 2.98. The number of nitrogens with zero attached hydrogens (tertiary/aromatic N) is 3. The van der Waals surface area contributed by atoms with E-state index >= 15 is 0 Å². The standard InChI is InChI=1S/C13H13N3O4/c1-8-4-5-9(11(6-8)16(19)20)12(17)10(7-14)13(18)15(2)3/h4-6,10H,1-3H3. The third-order valence-corrected chi connectivity index (χ3v) is 2.69. The van der Waals surface area contributed by atoms with E-state index in [2.05, 4.69) is 0 Å². The van der Waals surface area contributed by atoms with Crippen molar-refractivity contribution in [1.82, 2.24) is 4.90 Å². The Hall–Kier alpha value is -2.75. The van der Waals surface area contributed by atoms with Crippen LogP contribution in [0.1, 0.15) is 15.9 Å². The molecule has 1 aromatic carbocycles. The highest BCUT2D eigenvalue weighted by Crippen LogP contribution is 2.23. The van der Waals surface area contributed by atoms with Crippen molar-refractivity contribution in [3.8, 4) is 6.07 Å². The largest absolute Gasteiger partial charge is 0.347 e. The van der Waals surface area contributed by atoms with Crippen molar-refractivity contribution < 1.29 is 14.5 Å². The van der Waals surface area contributed by atoms with Crippen LogP contribution in [-0.2, 0) is 4.79 Å². The minimum absolute atomic E-state index is 0.234. The van der Waals surface area contributed by atoms with Crippen LogP contribution in [0.4, 0.5) is 5.69 Å². The number of nitro benzene ring substituents is 1. The molecule has 7 nitrogen and oxygen atoms in total. The number of carbonyl (C=O) groups is 2. The second-order valence-electron chi connectivity index (χ2n) is 4.44. The predicted octanol–water partition coefficient (Wildman–Crippen LogP) is 1.31. The smallest absolute Gasteiger partial charge is 0.280 e. The first-order valence-corrected chi connectivity index (χ1v) is 5.69. The first-order chi connectivity index (χ1) is 9.29. The van der Waals surface area contributed by atoms with Gasteiger partial charge in [-0.05, 0) is 18.6 Å². The van der Waals surface area contributed by atoms with Gasteiger partial charge in [-0.25, -0.2) is 0 Å². The molecule has 0 heterocycles. The van der Waals surface area contributed by atoms with Crippen molar-refractivity contribution in [2.75, 3.05) is 14.1 Å². The van der Waals surface area contributed by atoms with E-state index < -0.39 is 28.2 Å². The van der Waals surface area contributed by atoms with Gasteiger partial charge in [-0.1, -0.05) is 6.07 Å². The highest BCUT2D eigenvalue weighted by atomic mass is 16.6. The summed E-state index contributed by atoms with van der Waals surface area (Å²) in [6.45, 7) is 1.65. The number of aryl methyl sites for hydroxylation is 1. The molecule has 7 heteroatoms. The fourth-order valence-corrected chi connectivity index (χ4v) is 1.64. The van der Waals surface area contributed by atoms with Crippen LogP contribution in [0.2, 0.25) is 0 Å². The lowest BCUT2D eigenvalue weighted by atomic mass is 9.95. The van der Waals surface area contributed by atoms with Crippen molar-refractivity contribution in [2.24, 2.45) is 5.92 Å². The maximum Gasteiger partial charge on any atom is 0.280 e. The molecule has 104 valence electrons. The van der Waals surface area contributed by atoms with E-state index in [9.17, 15) is 19.7 Å². The number of rotatable bonds is 4. The molecule has 0 aliphatic rings. The Balaban J connectivity index is 3.31. The number of amides is 1. The Kier molecular flexibility index (Phi) is 4.54. The fraction of sp³-hybridized carbons (Fsp3) is 0.308. The summed E-state index contributed by atoms with van der Waals surface area (Å²) in [6, 6.07) is 5.63. The molecule has 1 unspecified atom stereocenters. The van der Waals surface area contributed by atoms with Crippen molar-refractivity contribution in [3.05, 3.63) is 39.4 Å². The lowest BCUT2D eigenvalue weighted by Crippen LogP contribution is -2.34. The van der Waals surface area contributed by atoms with E-state index in [0.29, 0.717) is 5.56 Å². The topological polar surface area (TPSA) is 104 Å². The molecule has 0 radical (unpaired) electrons. The summed E-state index contributed by atoms with van der Waals surface area (Å²) in [5, 5.41) is 19.9. The van der Waals surface area contributed by atoms with Crippen LogP contribution in [0, 0.1) is 34.3 Å². The van der Waals surface area contributed by atoms with Crippen molar-refractivity contribution in [2.45, 2.75) is 6.92 Å². The number of Topliss-reactive ketones (excluding diaryl/α,β-unsaturated/α-hetero) is 1. The minimum Gasteiger partial charge on any atom is -0.347 e. The van der Waals surface area contributed by atoms with E-state index in [1.54, 1.807) is 13.0 Å². The van der Waals surface area contributed by atoms with Gasteiger partial charge >= 0.3 is 0 Å². The maximum atomic E-state index is 12.2. The zero-order chi connectivity index (χ0) is 15.4. The average Bonchev–Trinajstić information content (AvgIpc) is 2.38. The fourth-order valence-electron chi connectivity index (χ4n) is 1.64. The Morgan fingerprint density at radius 1 is 1.40 bits per heavy atom. The van der Waals surface area contributed by atoms with Crippen molar-refractivity contribution in [1.29, 1.82) is 5.26 Å². The normalized spacial score (nSPS) is 11.3. The van der Waals surface area contributed by atoms with Crippen LogP contribution in [0.25, 0.3) is 0 Å². The highest BCUT2D eigenvalue weighted by molar-refractivity contribution is 6.13. The molecule has 0 bridgehead atoms. The second-order valence-corrected chi connectivity index (χ2v) is 4.44. The van der Waals surface area contributed by atoms with Gasteiger partial charge in [0.2, 0.25) is 5.91 Å². The summed E-state index contributed by atoms with van der Waals surface area (Å²) in [6.07, 6.45) is 0. The summed E-state index contributed by atoms with van der Waals surface area (Å²) in [5.41, 5.74) is -0.0233. The zero-order valence-electron chi connectivity index (χ0n) is 11.3. The van der Waals surface area contributed by atoms with E-state index in [1.165, 1.54) is 32.3 Å². The molecule has 0 saturated carbocycles. The number of nitro groups is 1. The first kappa shape index (κ1) is 15.3. The summed E-state index contributed by atoms with van der Waals surface area (Å²) >= 11 is 0. The van der Waals surface area contributed by atoms with Gasteiger partial charge in [0.05, 0.1) is 16.6 Å². The Morgan fingerprint density at radius 2 is 2.00 bits per heavy atom. The lowest BCUT2D eigenvalue weighted by molar-refractivity contribution is -0.385. The molecule has 1 aromatic rings. The molecular formula is C13H13N3O4. The number of benzene rings is 1. The highest BCUT2D eigenvalue weighted by Gasteiger charge is 2.33. The Labute approximate surface area is 115 Å². The molecule has 1 atom stereocenters. The van der Waals surface area contributed by atoms with E-state index in [0.717, 1.165) is 4.90 Å². The van der Waals surface area contributed by atoms with Gasteiger partial charge in [-0.3, -0.25) is 19.7 Å². The van der Waals surface area contributed by atoms with Crippen LogP contribution in [0.3, 0.4) is 0 Å². The van der Waals surface area contributed by atoms with Gasteiger partial charge < -0.3 is 4.90 Å². The molecule has 0 aliphatic heterocycles. The summed E-state index contributed by atoms with van der Waals surface area (Å²) in [7, 11) is 2.81. The minimum atomic E-state index is -1.58. The maximum absolute atomic E-state index is 12.2. The monoisotopic (exact) mass is 275 g/mol. The zero-order valence-corrected chi connectivity index (χ0v) is 11.3. The molecule has 20 heavy (non-hydrogen) atoms. The predicted molar refractivity (Wildman–Crippen MR) is 70.0 cm³/mol. The van der Waals surface area contributed by atoms with Gasteiger partial charge in [-0.2, -0.15) is 5.26 Å². The van der Waals surface area contributed by atoms with Crippen LogP contribution in [-0.4, -0.2) is 35.6 Å². The summed E-state index contributed by atoms with van der Waals surface area (Å²) in [4.78, 5) is 35.3. The summed E-state index contributed by atoms with van der Waals surface area (Å²) in [5.74, 6) is -3.14. The third-order valence-electron chi connectivity index (χ3n) is 2.69. The van der Waals surface area contributed by atoms with Crippen LogP contribution in [0.15, 0.2) is 18.2 Å². The first-order valence-electron chi connectivity index (χ1n) is 5.69. The Bertz CT molecular complexity index is 617. The molecule has 0 fully saturated rings. The molecule has 1 amide bonds. The van der Waals surface area contributed by atoms with Gasteiger partial charge in [0.15, 0.2) is 11.7 Å². The second kappa shape index (κ2) is 5.93. The molecule has 0 N–H and O–H groups in total. The number of nitriles is 1. The van der Waals surface area contributed by atoms with Crippen LogP contribution >= 0.6 is 0 Å². The number of hydrogen-bond acceptors (Lipinski definition) is 5. The Morgan fingerprint density at radius 3 is 2.45 bits per heavy atom. The van der Waals surface area contributed by atoms with Gasteiger partial charge in [0.1, 0.15) is 0 Å².